The maximum atomic E-state index is 11.6. The number of benzene rings is 1. The van der Waals surface area contributed by atoms with Crippen molar-refractivity contribution >= 4 is 27.8 Å². The third-order valence-electron chi connectivity index (χ3n) is 2.47. The summed E-state index contributed by atoms with van der Waals surface area (Å²) in [6, 6.07) is 5.51. The number of hydrogen-bond acceptors (Lipinski definition) is 3. The van der Waals surface area contributed by atoms with Gasteiger partial charge in [-0.2, -0.15) is 0 Å². The van der Waals surface area contributed by atoms with Crippen molar-refractivity contribution in [2.75, 3.05) is 6.54 Å². The van der Waals surface area contributed by atoms with E-state index < -0.39 is 0 Å². The van der Waals surface area contributed by atoms with Gasteiger partial charge in [-0.05, 0) is 53.9 Å². The van der Waals surface area contributed by atoms with Crippen LogP contribution in [0.5, 0.6) is 5.75 Å². The zero-order valence-electron chi connectivity index (χ0n) is 11.2. The van der Waals surface area contributed by atoms with Gasteiger partial charge in [0, 0.05) is 19.4 Å². The van der Waals surface area contributed by atoms with E-state index in [-0.39, 0.29) is 18.3 Å². The van der Waals surface area contributed by atoms with Crippen LogP contribution >= 0.6 is 15.9 Å². The Morgan fingerprint density at radius 2 is 2.05 bits per heavy atom. The summed E-state index contributed by atoms with van der Waals surface area (Å²) < 4.78 is 5.98. The summed E-state index contributed by atoms with van der Waals surface area (Å²) in [5.74, 6) is 0.147. The lowest BCUT2D eigenvalue weighted by molar-refractivity contribution is -0.134. The summed E-state index contributed by atoms with van der Waals surface area (Å²) in [5.41, 5.74) is 1.09. The fourth-order valence-corrected chi connectivity index (χ4v) is 2.12. The molecule has 5 heteroatoms. The average molecular weight is 328 g/mol. The van der Waals surface area contributed by atoms with Crippen molar-refractivity contribution in [2.24, 2.45) is 0 Å². The largest absolute Gasteiger partial charge is 0.425 e. The number of halogens is 1. The van der Waals surface area contributed by atoms with E-state index in [1.54, 1.807) is 6.07 Å². The van der Waals surface area contributed by atoms with Crippen molar-refractivity contribution in [1.82, 2.24) is 5.32 Å². The van der Waals surface area contributed by atoms with Crippen molar-refractivity contribution < 1.29 is 14.3 Å². The minimum atomic E-state index is -0.325. The number of aryl methyl sites for hydroxylation is 1. The first-order chi connectivity index (χ1) is 9.02. The molecule has 0 bridgehead atoms. The molecule has 0 atom stereocenters. The van der Waals surface area contributed by atoms with E-state index in [4.69, 9.17) is 4.74 Å². The van der Waals surface area contributed by atoms with E-state index in [2.05, 4.69) is 21.2 Å². The van der Waals surface area contributed by atoms with Crippen LogP contribution in [-0.4, -0.2) is 18.4 Å². The highest BCUT2D eigenvalue weighted by Gasteiger charge is 2.09. The molecule has 0 fully saturated rings. The van der Waals surface area contributed by atoms with Crippen molar-refractivity contribution in [3.8, 4) is 5.75 Å². The highest BCUT2D eigenvalue weighted by atomic mass is 79.9. The molecule has 0 aromatic heterocycles. The van der Waals surface area contributed by atoms with Crippen LogP contribution in [0.1, 0.15) is 31.7 Å². The Balaban J connectivity index is 2.37. The molecule has 0 aliphatic rings. The summed E-state index contributed by atoms with van der Waals surface area (Å²) in [6.45, 7) is 4.43. The van der Waals surface area contributed by atoms with Crippen LogP contribution in [-0.2, 0) is 9.59 Å². The standard InChI is InChI=1S/C14H18BrNO3/c1-3-16-13(17)5-4-6-14(18)19-12-8-7-10(2)9-11(12)15/h7-9H,3-6H2,1-2H3,(H,16,17). The van der Waals surface area contributed by atoms with Gasteiger partial charge in [0.25, 0.3) is 0 Å². The van der Waals surface area contributed by atoms with Gasteiger partial charge in [-0.25, -0.2) is 0 Å². The number of rotatable bonds is 6. The molecule has 1 aromatic carbocycles. The highest BCUT2D eigenvalue weighted by molar-refractivity contribution is 9.10. The summed E-state index contributed by atoms with van der Waals surface area (Å²) >= 11 is 3.35. The summed E-state index contributed by atoms with van der Waals surface area (Å²) in [5, 5.41) is 2.69. The molecule has 0 saturated heterocycles. The van der Waals surface area contributed by atoms with E-state index in [0.29, 0.717) is 25.1 Å². The Bertz CT molecular complexity index is 460. The number of nitrogens with one attached hydrogen (secondary N) is 1. The Morgan fingerprint density at radius 1 is 1.32 bits per heavy atom. The van der Waals surface area contributed by atoms with Gasteiger partial charge in [0.1, 0.15) is 5.75 Å². The SMILES string of the molecule is CCNC(=O)CCCC(=O)Oc1ccc(C)cc1Br. The van der Waals surface area contributed by atoms with Gasteiger partial charge in [-0.15, -0.1) is 0 Å². The van der Waals surface area contributed by atoms with Gasteiger partial charge in [0.15, 0.2) is 0 Å². The summed E-state index contributed by atoms with van der Waals surface area (Å²) in [7, 11) is 0. The van der Waals surface area contributed by atoms with Crippen LogP contribution in [0.15, 0.2) is 22.7 Å². The Morgan fingerprint density at radius 3 is 2.68 bits per heavy atom. The maximum Gasteiger partial charge on any atom is 0.311 e. The minimum Gasteiger partial charge on any atom is -0.425 e. The van der Waals surface area contributed by atoms with E-state index in [9.17, 15) is 9.59 Å². The van der Waals surface area contributed by atoms with Crippen molar-refractivity contribution in [3.63, 3.8) is 0 Å². The van der Waals surface area contributed by atoms with Gasteiger partial charge in [-0.3, -0.25) is 9.59 Å². The number of hydrogen-bond donors (Lipinski definition) is 1. The number of amides is 1. The number of esters is 1. The van der Waals surface area contributed by atoms with Crippen LogP contribution in [0.2, 0.25) is 0 Å². The predicted molar refractivity (Wildman–Crippen MR) is 77.0 cm³/mol. The van der Waals surface area contributed by atoms with E-state index in [1.807, 2.05) is 26.0 Å². The summed E-state index contributed by atoms with van der Waals surface area (Å²) in [6.07, 6.45) is 1.07. The molecule has 0 aliphatic heterocycles. The average Bonchev–Trinajstić information content (AvgIpc) is 2.33. The molecular weight excluding hydrogens is 310 g/mol. The van der Waals surface area contributed by atoms with Crippen LogP contribution in [0.4, 0.5) is 0 Å². The van der Waals surface area contributed by atoms with E-state index in [1.165, 1.54) is 0 Å². The van der Waals surface area contributed by atoms with Crippen molar-refractivity contribution in [2.45, 2.75) is 33.1 Å². The third kappa shape index (κ3) is 5.87. The zero-order valence-corrected chi connectivity index (χ0v) is 12.7. The monoisotopic (exact) mass is 327 g/mol. The first kappa shape index (κ1) is 15.7. The van der Waals surface area contributed by atoms with E-state index in [0.717, 1.165) is 10.0 Å². The fourth-order valence-electron chi connectivity index (χ4n) is 1.54. The molecule has 1 rings (SSSR count). The normalized spacial score (nSPS) is 10.1. The van der Waals surface area contributed by atoms with Crippen molar-refractivity contribution in [3.05, 3.63) is 28.2 Å². The van der Waals surface area contributed by atoms with Gasteiger partial charge in [0.2, 0.25) is 5.91 Å². The summed E-state index contributed by atoms with van der Waals surface area (Å²) in [4.78, 5) is 22.8. The zero-order chi connectivity index (χ0) is 14.3. The fraction of sp³-hybridized carbons (Fsp3) is 0.429. The molecule has 104 valence electrons. The second-order valence-corrected chi connectivity index (χ2v) is 5.07. The quantitative estimate of drug-likeness (QED) is 0.645. The molecule has 0 unspecified atom stereocenters. The molecule has 1 N–H and O–H groups in total. The van der Waals surface area contributed by atoms with Gasteiger partial charge in [-0.1, -0.05) is 6.07 Å². The lowest BCUT2D eigenvalue weighted by Gasteiger charge is -2.07. The molecule has 0 saturated carbocycles. The molecule has 0 heterocycles. The minimum absolute atomic E-state index is 0.0354. The van der Waals surface area contributed by atoms with E-state index >= 15 is 0 Å². The topological polar surface area (TPSA) is 55.4 Å². The van der Waals surface area contributed by atoms with Crippen LogP contribution in [0, 0.1) is 6.92 Å². The molecule has 19 heavy (non-hydrogen) atoms. The second-order valence-electron chi connectivity index (χ2n) is 4.22. The Hall–Kier alpha value is -1.36. The van der Waals surface area contributed by atoms with Gasteiger partial charge >= 0.3 is 5.97 Å². The highest BCUT2D eigenvalue weighted by Crippen LogP contribution is 2.26. The Labute approximate surface area is 121 Å². The van der Waals surface area contributed by atoms with Gasteiger partial charge in [0.05, 0.1) is 4.47 Å². The first-order valence-electron chi connectivity index (χ1n) is 6.26. The molecule has 0 radical (unpaired) electrons. The molecule has 0 spiro atoms. The smallest absolute Gasteiger partial charge is 0.311 e. The lowest BCUT2D eigenvalue weighted by atomic mass is 10.2. The van der Waals surface area contributed by atoms with Crippen LogP contribution < -0.4 is 10.1 Å². The molecular formula is C14H18BrNO3. The van der Waals surface area contributed by atoms with Crippen molar-refractivity contribution in [1.29, 1.82) is 0 Å². The predicted octanol–water partition coefficient (Wildman–Crippen LogP) is 2.97. The number of carbonyl (C=O) groups excluding carboxylic acids is 2. The maximum absolute atomic E-state index is 11.6. The molecule has 1 amide bonds. The molecule has 1 aromatic rings. The second kappa shape index (κ2) is 7.94. The molecule has 4 nitrogen and oxygen atoms in total. The van der Waals surface area contributed by atoms with Crippen LogP contribution in [0.3, 0.4) is 0 Å². The number of ether oxygens (including phenoxy) is 1. The Kier molecular flexibility index (Phi) is 6.56. The number of carbonyl (C=O) groups is 2. The van der Waals surface area contributed by atoms with Crippen LogP contribution in [0.25, 0.3) is 0 Å². The third-order valence-corrected chi connectivity index (χ3v) is 3.09. The first-order valence-corrected chi connectivity index (χ1v) is 7.05. The lowest BCUT2D eigenvalue weighted by Crippen LogP contribution is -2.22. The molecule has 0 aliphatic carbocycles. The van der Waals surface area contributed by atoms with Gasteiger partial charge < -0.3 is 10.1 Å².